The minimum absolute atomic E-state index is 0.0289. The van der Waals surface area contributed by atoms with E-state index in [2.05, 4.69) is 10.3 Å². The molecule has 0 unspecified atom stereocenters. The second-order valence-corrected chi connectivity index (χ2v) is 7.99. The van der Waals surface area contributed by atoms with Crippen LogP contribution < -0.4 is 15.0 Å². The number of carbonyl (C=O) groups excluding carboxylic acids is 3. The van der Waals surface area contributed by atoms with Gasteiger partial charge in [-0.15, -0.1) is 11.3 Å². The van der Waals surface area contributed by atoms with Crippen molar-refractivity contribution in [1.29, 1.82) is 0 Å². The van der Waals surface area contributed by atoms with Gasteiger partial charge in [-0.05, 0) is 37.3 Å². The van der Waals surface area contributed by atoms with Crippen molar-refractivity contribution >= 4 is 45.6 Å². The number of benzene rings is 2. The van der Waals surface area contributed by atoms with Gasteiger partial charge in [-0.25, -0.2) is 4.98 Å². The van der Waals surface area contributed by atoms with Gasteiger partial charge in [-0.3, -0.25) is 29.8 Å². The van der Waals surface area contributed by atoms with Crippen molar-refractivity contribution in [3.8, 4) is 5.75 Å². The molecule has 0 saturated carbocycles. The maximum absolute atomic E-state index is 12.7. The number of esters is 1. The van der Waals surface area contributed by atoms with Crippen LogP contribution in [0.1, 0.15) is 23.0 Å². The van der Waals surface area contributed by atoms with Crippen LogP contribution in [0.4, 0.5) is 16.5 Å². The molecule has 0 spiro atoms. The van der Waals surface area contributed by atoms with Crippen LogP contribution in [0.15, 0.2) is 53.9 Å². The average molecular weight is 499 g/mol. The monoisotopic (exact) mass is 498 g/mol. The summed E-state index contributed by atoms with van der Waals surface area (Å²) in [4.78, 5) is 52.2. The number of nitro groups is 1. The molecule has 182 valence electrons. The standard InChI is InChI=1S/C23H22N4O7S/c1-3-33-21(29)12-16-14-35-23(24-16)25-20(28)13-34-19-9-7-17(8-10-19)26(2)22(30)15-5-4-6-18(11-15)27(31)32/h4-11,14H,3,12-13H2,1-2H3,(H,24,25,28). The van der Waals surface area contributed by atoms with Crippen molar-refractivity contribution in [2.75, 3.05) is 30.5 Å². The number of hydrogen-bond donors (Lipinski definition) is 1. The largest absolute Gasteiger partial charge is 0.484 e. The zero-order valence-corrected chi connectivity index (χ0v) is 19.7. The van der Waals surface area contributed by atoms with E-state index >= 15 is 0 Å². The van der Waals surface area contributed by atoms with Gasteiger partial charge in [0.1, 0.15) is 5.75 Å². The lowest BCUT2D eigenvalue weighted by molar-refractivity contribution is -0.384. The first-order valence-corrected chi connectivity index (χ1v) is 11.3. The quantitative estimate of drug-likeness (QED) is 0.255. The van der Waals surface area contributed by atoms with Gasteiger partial charge < -0.3 is 14.4 Å². The van der Waals surface area contributed by atoms with E-state index in [4.69, 9.17) is 9.47 Å². The first-order chi connectivity index (χ1) is 16.8. The van der Waals surface area contributed by atoms with E-state index in [9.17, 15) is 24.5 Å². The Bertz CT molecular complexity index is 1230. The summed E-state index contributed by atoms with van der Waals surface area (Å²) in [5, 5.41) is 15.6. The summed E-state index contributed by atoms with van der Waals surface area (Å²) in [7, 11) is 1.55. The van der Waals surface area contributed by atoms with Crippen molar-refractivity contribution in [1.82, 2.24) is 4.98 Å². The first kappa shape index (κ1) is 25.3. The van der Waals surface area contributed by atoms with Gasteiger partial charge in [0.15, 0.2) is 11.7 Å². The van der Waals surface area contributed by atoms with Crippen molar-refractivity contribution in [2.45, 2.75) is 13.3 Å². The maximum Gasteiger partial charge on any atom is 0.311 e. The van der Waals surface area contributed by atoms with Crippen LogP contribution in [0.3, 0.4) is 0 Å². The summed E-state index contributed by atoms with van der Waals surface area (Å²) in [6, 6.07) is 11.9. The highest BCUT2D eigenvalue weighted by molar-refractivity contribution is 7.13. The Morgan fingerprint density at radius 2 is 1.91 bits per heavy atom. The van der Waals surface area contributed by atoms with Crippen molar-refractivity contribution in [3.63, 3.8) is 0 Å². The number of non-ortho nitro benzene ring substituents is 1. The van der Waals surface area contributed by atoms with Crippen LogP contribution in [0.2, 0.25) is 0 Å². The molecule has 12 heteroatoms. The summed E-state index contributed by atoms with van der Waals surface area (Å²) in [5.41, 5.74) is 1.06. The molecule has 0 saturated heterocycles. The number of thiazole rings is 1. The summed E-state index contributed by atoms with van der Waals surface area (Å²) in [5.74, 6) is -0.821. The summed E-state index contributed by atoms with van der Waals surface area (Å²) in [6.45, 7) is 1.74. The predicted molar refractivity (Wildman–Crippen MR) is 129 cm³/mol. The second kappa shape index (κ2) is 11.7. The van der Waals surface area contributed by atoms with Gasteiger partial charge in [-0.1, -0.05) is 6.07 Å². The predicted octanol–water partition coefficient (Wildman–Crippen LogP) is 3.45. The maximum atomic E-state index is 12.7. The Morgan fingerprint density at radius 3 is 2.60 bits per heavy atom. The minimum atomic E-state index is -0.560. The lowest BCUT2D eigenvalue weighted by atomic mass is 10.1. The van der Waals surface area contributed by atoms with Crippen molar-refractivity contribution < 1.29 is 28.8 Å². The van der Waals surface area contributed by atoms with Crippen LogP contribution in [-0.2, 0) is 20.7 Å². The molecule has 0 aliphatic rings. The van der Waals surface area contributed by atoms with E-state index in [1.807, 2.05) is 0 Å². The SMILES string of the molecule is CCOC(=O)Cc1csc(NC(=O)COc2ccc(N(C)C(=O)c3cccc([N+](=O)[O-])c3)cc2)n1. The van der Waals surface area contributed by atoms with Gasteiger partial charge in [0.25, 0.3) is 17.5 Å². The minimum Gasteiger partial charge on any atom is -0.484 e. The van der Waals surface area contributed by atoms with Crippen molar-refractivity contribution in [2.24, 2.45) is 0 Å². The van der Waals surface area contributed by atoms with Gasteiger partial charge in [0, 0.05) is 35.8 Å². The number of hydrogen-bond acceptors (Lipinski definition) is 9. The molecule has 0 atom stereocenters. The van der Waals surface area contributed by atoms with Crippen LogP contribution in [-0.4, -0.2) is 48.0 Å². The third-order valence-corrected chi connectivity index (χ3v) is 5.44. The van der Waals surface area contributed by atoms with E-state index in [1.165, 1.54) is 40.5 Å². The molecule has 3 rings (SSSR count). The Hall–Kier alpha value is -4.32. The fourth-order valence-electron chi connectivity index (χ4n) is 2.94. The summed E-state index contributed by atoms with van der Waals surface area (Å²) in [6.07, 6.45) is 0.0289. The van der Waals surface area contributed by atoms with Crippen molar-refractivity contribution in [3.05, 3.63) is 75.3 Å². The zero-order chi connectivity index (χ0) is 25.4. The fraction of sp³-hybridized carbons (Fsp3) is 0.217. The first-order valence-electron chi connectivity index (χ1n) is 10.4. The Balaban J connectivity index is 1.52. The number of anilines is 2. The number of aromatic nitrogens is 1. The molecular formula is C23H22N4O7S. The normalized spacial score (nSPS) is 10.3. The molecule has 2 amide bonds. The van der Waals surface area contributed by atoms with Gasteiger partial charge in [0.2, 0.25) is 0 Å². The summed E-state index contributed by atoms with van der Waals surface area (Å²) >= 11 is 1.19. The fourth-order valence-corrected chi connectivity index (χ4v) is 3.67. The Labute approximate surface area is 204 Å². The Kier molecular flexibility index (Phi) is 8.46. The summed E-state index contributed by atoms with van der Waals surface area (Å²) < 4.78 is 10.3. The number of nitro benzene ring substituents is 1. The van der Waals surface area contributed by atoms with E-state index in [1.54, 1.807) is 43.6 Å². The van der Waals surface area contributed by atoms with E-state index in [0.29, 0.717) is 22.3 Å². The number of amides is 2. The number of rotatable bonds is 10. The number of nitrogens with zero attached hydrogens (tertiary/aromatic N) is 3. The van der Waals surface area contributed by atoms with Crippen LogP contribution in [0.25, 0.3) is 0 Å². The molecule has 3 aromatic rings. The van der Waals surface area contributed by atoms with E-state index in [0.717, 1.165) is 0 Å². The zero-order valence-electron chi connectivity index (χ0n) is 18.9. The third-order valence-electron chi connectivity index (χ3n) is 4.63. The molecule has 1 aromatic heterocycles. The Morgan fingerprint density at radius 1 is 1.17 bits per heavy atom. The highest BCUT2D eigenvalue weighted by Crippen LogP contribution is 2.22. The topological polar surface area (TPSA) is 141 Å². The van der Waals surface area contributed by atoms with Gasteiger partial charge >= 0.3 is 5.97 Å². The third kappa shape index (κ3) is 7.08. The molecular weight excluding hydrogens is 476 g/mol. The highest BCUT2D eigenvalue weighted by atomic mass is 32.1. The van der Waals surface area contributed by atoms with Crippen LogP contribution >= 0.6 is 11.3 Å². The molecule has 1 N–H and O–H groups in total. The smallest absolute Gasteiger partial charge is 0.311 e. The van der Waals surface area contributed by atoms with E-state index < -0.39 is 16.7 Å². The molecule has 2 aromatic carbocycles. The van der Waals surface area contributed by atoms with E-state index in [-0.39, 0.29) is 36.9 Å². The van der Waals surface area contributed by atoms with Gasteiger partial charge in [0.05, 0.1) is 23.6 Å². The molecule has 1 heterocycles. The van der Waals surface area contributed by atoms with Gasteiger partial charge in [-0.2, -0.15) is 0 Å². The average Bonchev–Trinajstić information content (AvgIpc) is 3.28. The number of nitrogens with one attached hydrogen (secondary N) is 1. The number of carbonyl (C=O) groups is 3. The van der Waals surface area contributed by atoms with Crippen LogP contribution in [0.5, 0.6) is 5.75 Å². The highest BCUT2D eigenvalue weighted by Gasteiger charge is 2.17. The lowest BCUT2D eigenvalue weighted by Gasteiger charge is -2.18. The number of ether oxygens (including phenoxy) is 2. The second-order valence-electron chi connectivity index (χ2n) is 7.13. The molecule has 0 bridgehead atoms. The molecule has 35 heavy (non-hydrogen) atoms. The molecule has 0 fully saturated rings. The molecule has 0 aliphatic carbocycles. The molecule has 11 nitrogen and oxygen atoms in total. The lowest BCUT2D eigenvalue weighted by Crippen LogP contribution is -2.26. The van der Waals surface area contributed by atoms with Crippen LogP contribution in [0, 0.1) is 10.1 Å². The molecule has 0 aliphatic heterocycles. The molecule has 0 radical (unpaired) electrons.